The molecule has 11 rings (SSSR count). The first-order chi connectivity index (χ1) is 26.3. The van der Waals surface area contributed by atoms with Crippen LogP contribution in [0.3, 0.4) is 0 Å². The zero-order valence-electron chi connectivity index (χ0n) is 29.2. The molecule has 1 heterocycles. The van der Waals surface area contributed by atoms with E-state index >= 15 is 0 Å². The molecule has 0 bridgehead atoms. The molecule has 2 nitrogen and oxygen atoms in total. The number of rotatable bonds is 5. The summed E-state index contributed by atoms with van der Waals surface area (Å²) >= 11 is 0. The van der Waals surface area contributed by atoms with Gasteiger partial charge in [-0.15, -0.1) is 0 Å². The zero-order valence-corrected chi connectivity index (χ0v) is 29.2. The van der Waals surface area contributed by atoms with Gasteiger partial charge in [-0.1, -0.05) is 146 Å². The van der Waals surface area contributed by atoms with E-state index in [1.54, 1.807) is 0 Å². The van der Waals surface area contributed by atoms with Crippen LogP contribution >= 0.6 is 0 Å². The summed E-state index contributed by atoms with van der Waals surface area (Å²) in [5.74, 6) is 0. The van der Waals surface area contributed by atoms with Crippen LogP contribution in [0.1, 0.15) is 28.7 Å². The third-order valence-electron chi connectivity index (χ3n) is 11.7. The maximum absolute atomic E-state index is 6.40. The summed E-state index contributed by atoms with van der Waals surface area (Å²) in [4.78, 5) is 2.40. The number of para-hydroxylation sites is 2. The Morgan fingerprint density at radius 2 is 1.09 bits per heavy atom. The molecule has 1 unspecified atom stereocenters. The van der Waals surface area contributed by atoms with Crippen LogP contribution < -0.4 is 4.90 Å². The third-order valence-corrected chi connectivity index (χ3v) is 11.7. The van der Waals surface area contributed by atoms with Crippen molar-refractivity contribution in [3.05, 3.63) is 210 Å². The molecule has 250 valence electrons. The fourth-order valence-corrected chi connectivity index (χ4v) is 9.40. The average Bonchev–Trinajstić information content (AvgIpc) is 3.90. The number of hydrogen-bond donors (Lipinski definition) is 0. The fourth-order valence-electron chi connectivity index (χ4n) is 9.40. The van der Waals surface area contributed by atoms with Crippen LogP contribution in [0, 0.1) is 0 Å². The highest BCUT2D eigenvalue weighted by Crippen LogP contribution is 2.58. The van der Waals surface area contributed by atoms with Crippen molar-refractivity contribution >= 4 is 39.0 Å². The highest BCUT2D eigenvalue weighted by molar-refractivity contribution is 6.13. The summed E-state index contributed by atoms with van der Waals surface area (Å²) in [7, 11) is 0. The Morgan fingerprint density at radius 1 is 0.434 bits per heavy atom. The molecule has 0 fully saturated rings. The maximum Gasteiger partial charge on any atom is 0.137 e. The maximum atomic E-state index is 6.40. The summed E-state index contributed by atoms with van der Waals surface area (Å²) in [6.45, 7) is 0. The molecule has 0 saturated carbocycles. The first-order valence-corrected chi connectivity index (χ1v) is 18.6. The van der Waals surface area contributed by atoms with Crippen LogP contribution in [-0.2, 0) is 11.8 Å². The van der Waals surface area contributed by atoms with Crippen LogP contribution in [0.25, 0.3) is 55.3 Å². The van der Waals surface area contributed by atoms with Crippen LogP contribution in [0.4, 0.5) is 17.1 Å². The van der Waals surface area contributed by atoms with Gasteiger partial charge in [0.25, 0.3) is 0 Å². The standard InChI is InChI=1S/C51H35NO/c1-2-13-35(14-3-1)39-16-6-10-21-46(39)52(47-22-12-24-49-50(47)42-18-7-11-23-48(42)53-49)38-28-25-34(26-29-38)37-27-30-41-40-17-5-9-20-44(40)51(45(41)33-37)32-31-36-15-4-8-19-43(36)51/h1-30,33H,31-32H2. The van der Waals surface area contributed by atoms with Crippen molar-refractivity contribution in [2.45, 2.75) is 18.3 Å². The molecule has 1 atom stereocenters. The minimum atomic E-state index is -0.109. The predicted octanol–water partition coefficient (Wildman–Crippen LogP) is 13.7. The van der Waals surface area contributed by atoms with Crippen molar-refractivity contribution in [3.8, 4) is 33.4 Å². The Labute approximate surface area is 309 Å². The molecule has 8 aromatic carbocycles. The molecule has 53 heavy (non-hydrogen) atoms. The van der Waals surface area contributed by atoms with E-state index in [4.69, 9.17) is 4.42 Å². The second-order valence-electron chi connectivity index (χ2n) is 14.4. The number of aryl methyl sites for hydroxylation is 1. The molecule has 2 heteroatoms. The molecule has 0 amide bonds. The average molecular weight is 678 g/mol. The van der Waals surface area contributed by atoms with Crippen molar-refractivity contribution in [2.24, 2.45) is 0 Å². The number of hydrogen-bond acceptors (Lipinski definition) is 2. The molecule has 0 aliphatic heterocycles. The molecule has 1 spiro atoms. The van der Waals surface area contributed by atoms with Gasteiger partial charge in [-0.05, 0) is 105 Å². The van der Waals surface area contributed by atoms with Gasteiger partial charge in [0.15, 0.2) is 0 Å². The Bertz CT molecular complexity index is 2850. The number of fused-ring (bicyclic) bond motifs is 10. The second kappa shape index (κ2) is 11.7. The molecular weight excluding hydrogens is 643 g/mol. The third kappa shape index (κ3) is 4.45. The van der Waals surface area contributed by atoms with E-state index in [9.17, 15) is 0 Å². The first-order valence-electron chi connectivity index (χ1n) is 18.6. The molecular formula is C51H35NO. The smallest absolute Gasteiger partial charge is 0.137 e. The van der Waals surface area contributed by atoms with Gasteiger partial charge in [0.05, 0.1) is 16.8 Å². The van der Waals surface area contributed by atoms with E-state index in [0.717, 1.165) is 51.8 Å². The van der Waals surface area contributed by atoms with Gasteiger partial charge in [-0.25, -0.2) is 0 Å². The lowest BCUT2D eigenvalue weighted by Gasteiger charge is -2.29. The minimum Gasteiger partial charge on any atom is -0.456 e. The van der Waals surface area contributed by atoms with Crippen LogP contribution in [0.5, 0.6) is 0 Å². The molecule has 0 N–H and O–H groups in total. The van der Waals surface area contributed by atoms with E-state index in [1.165, 1.54) is 55.6 Å². The number of anilines is 3. The summed E-state index contributed by atoms with van der Waals surface area (Å²) in [6.07, 6.45) is 2.20. The van der Waals surface area contributed by atoms with Crippen molar-refractivity contribution in [1.82, 2.24) is 0 Å². The van der Waals surface area contributed by atoms with Gasteiger partial charge >= 0.3 is 0 Å². The predicted molar refractivity (Wildman–Crippen MR) is 219 cm³/mol. The normalized spacial score (nSPS) is 15.5. The van der Waals surface area contributed by atoms with Crippen LogP contribution in [-0.4, -0.2) is 0 Å². The lowest BCUT2D eigenvalue weighted by Crippen LogP contribution is -2.23. The van der Waals surface area contributed by atoms with Crippen molar-refractivity contribution in [2.75, 3.05) is 4.90 Å². The molecule has 0 saturated heterocycles. The molecule has 9 aromatic rings. The monoisotopic (exact) mass is 677 g/mol. The van der Waals surface area contributed by atoms with Crippen molar-refractivity contribution in [1.29, 1.82) is 0 Å². The topological polar surface area (TPSA) is 16.4 Å². The fraction of sp³-hybridized carbons (Fsp3) is 0.0588. The quantitative estimate of drug-likeness (QED) is 0.180. The number of nitrogens with zero attached hydrogens (tertiary/aromatic N) is 1. The van der Waals surface area contributed by atoms with Gasteiger partial charge in [-0.2, -0.15) is 0 Å². The SMILES string of the molecule is c1ccc(-c2ccccc2N(c2ccc(-c3ccc4c(c3)C3(CCc5ccccc53)c3ccccc3-4)cc2)c2cccc3oc4ccccc4c23)cc1. The minimum absolute atomic E-state index is 0.109. The summed E-state index contributed by atoms with van der Waals surface area (Å²) in [6, 6.07) is 68.6. The second-order valence-corrected chi connectivity index (χ2v) is 14.4. The van der Waals surface area contributed by atoms with Gasteiger partial charge in [-0.3, -0.25) is 0 Å². The van der Waals surface area contributed by atoms with Crippen molar-refractivity contribution in [3.63, 3.8) is 0 Å². The largest absolute Gasteiger partial charge is 0.456 e. The van der Waals surface area contributed by atoms with Crippen LogP contribution in [0.2, 0.25) is 0 Å². The van der Waals surface area contributed by atoms with Gasteiger partial charge in [0.1, 0.15) is 11.2 Å². The van der Waals surface area contributed by atoms with Crippen LogP contribution in [0.15, 0.2) is 192 Å². The van der Waals surface area contributed by atoms with E-state index in [2.05, 4.69) is 187 Å². The highest BCUT2D eigenvalue weighted by atomic mass is 16.3. The van der Waals surface area contributed by atoms with E-state index in [-0.39, 0.29) is 5.41 Å². The lowest BCUT2D eigenvalue weighted by molar-refractivity contribution is 0.626. The van der Waals surface area contributed by atoms with Gasteiger partial charge in [0, 0.05) is 22.1 Å². The van der Waals surface area contributed by atoms with E-state index in [1.807, 2.05) is 6.07 Å². The molecule has 2 aliphatic rings. The summed E-state index contributed by atoms with van der Waals surface area (Å²) in [5.41, 5.74) is 18.3. The Hall–Kier alpha value is -6.64. The molecule has 2 aliphatic carbocycles. The Morgan fingerprint density at radius 3 is 1.98 bits per heavy atom. The zero-order chi connectivity index (χ0) is 34.9. The van der Waals surface area contributed by atoms with E-state index in [0.29, 0.717) is 0 Å². The van der Waals surface area contributed by atoms with Crippen molar-refractivity contribution < 1.29 is 4.42 Å². The molecule has 1 aromatic heterocycles. The van der Waals surface area contributed by atoms with Gasteiger partial charge in [0.2, 0.25) is 0 Å². The highest BCUT2D eigenvalue weighted by Gasteiger charge is 2.48. The van der Waals surface area contributed by atoms with Gasteiger partial charge < -0.3 is 9.32 Å². The number of furan rings is 1. The summed E-state index contributed by atoms with van der Waals surface area (Å²) < 4.78 is 6.40. The lowest BCUT2D eigenvalue weighted by atomic mass is 9.73. The Kier molecular flexibility index (Phi) is 6.63. The van der Waals surface area contributed by atoms with E-state index < -0.39 is 0 Å². The number of benzene rings is 8. The summed E-state index contributed by atoms with van der Waals surface area (Å²) in [5, 5.41) is 2.22. The Balaban J connectivity index is 1.07. The first kappa shape index (κ1) is 30.0. The molecule has 0 radical (unpaired) electrons.